The molecule has 3 nitrogen and oxygen atoms in total. The summed E-state index contributed by atoms with van der Waals surface area (Å²) in [6, 6.07) is 5.40. The fraction of sp³-hybridized carbons (Fsp3) is 0.538. The number of hydrogen-bond donors (Lipinski definition) is 1. The molecule has 1 fully saturated rings. The molecule has 0 aliphatic heterocycles. The molecule has 0 radical (unpaired) electrons. The van der Waals surface area contributed by atoms with E-state index in [9.17, 15) is 4.21 Å². The second kappa shape index (κ2) is 5.54. The van der Waals surface area contributed by atoms with Crippen LogP contribution in [0.5, 0.6) is 5.75 Å². The minimum absolute atomic E-state index is 0.600. The number of rotatable bonds is 6. The molecule has 0 bridgehead atoms. The first kappa shape index (κ1) is 12.4. The summed E-state index contributed by atoms with van der Waals surface area (Å²) in [6.45, 7) is 2.54. The van der Waals surface area contributed by atoms with Crippen LogP contribution in [0.15, 0.2) is 23.1 Å². The molecule has 1 atom stereocenters. The molecule has 1 aliphatic carbocycles. The highest BCUT2D eigenvalue weighted by molar-refractivity contribution is 7.85. The highest BCUT2D eigenvalue weighted by Gasteiger charge is 2.22. The lowest BCUT2D eigenvalue weighted by atomic mass is 10.3. The van der Waals surface area contributed by atoms with Crippen molar-refractivity contribution in [2.24, 2.45) is 5.92 Å². The van der Waals surface area contributed by atoms with Crippen molar-refractivity contribution in [2.75, 3.05) is 18.1 Å². The maximum absolute atomic E-state index is 12.1. The van der Waals surface area contributed by atoms with Gasteiger partial charge in [0, 0.05) is 11.4 Å². The van der Waals surface area contributed by atoms with Crippen molar-refractivity contribution in [3.05, 3.63) is 18.2 Å². The molecule has 2 N–H and O–H groups in total. The second-order valence-corrected chi connectivity index (χ2v) is 5.95. The lowest BCUT2D eigenvalue weighted by Gasteiger charge is -2.09. The molecule has 0 saturated heterocycles. The topological polar surface area (TPSA) is 52.3 Å². The maximum Gasteiger partial charge on any atom is 0.120 e. The molecular weight excluding hydrogens is 234 g/mol. The molecule has 1 unspecified atom stereocenters. The number of anilines is 1. The van der Waals surface area contributed by atoms with Gasteiger partial charge in [0.1, 0.15) is 5.75 Å². The first-order valence-electron chi connectivity index (χ1n) is 6.11. The van der Waals surface area contributed by atoms with Gasteiger partial charge in [0.15, 0.2) is 0 Å². The molecule has 1 aromatic carbocycles. The van der Waals surface area contributed by atoms with Gasteiger partial charge in [0.05, 0.1) is 22.3 Å². The Morgan fingerprint density at radius 2 is 2.24 bits per heavy atom. The van der Waals surface area contributed by atoms with Gasteiger partial charge in [-0.25, -0.2) is 0 Å². The smallest absolute Gasteiger partial charge is 0.120 e. The maximum atomic E-state index is 12.1. The Morgan fingerprint density at radius 1 is 1.47 bits per heavy atom. The van der Waals surface area contributed by atoms with Crippen molar-refractivity contribution in [1.29, 1.82) is 0 Å². The van der Waals surface area contributed by atoms with Crippen LogP contribution in [0.2, 0.25) is 0 Å². The zero-order valence-corrected chi connectivity index (χ0v) is 11.0. The standard InChI is InChI=1S/C13H19NO2S/c1-2-16-11-5-6-12(14)13(9-11)17(15)8-7-10-3-4-10/h5-6,9-10H,2-4,7-8,14H2,1H3. The summed E-state index contributed by atoms with van der Waals surface area (Å²) in [5.41, 5.74) is 6.46. The molecule has 0 amide bonds. The van der Waals surface area contributed by atoms with Gasteiger partial charge in [-0.1, -0.05) is 12.8 Å². The predicted octanol–water partition coefficient (Wildman–Crippen LogP) is 2.58. The van der Waals surface area contributed by atoms with Crippen molar-refractivity contribution >= 4 is 16.5 Å². The Labute approximate surface area is 105 Å². The summed E-state index contributed by atoms with van der Waals surface area (Å²) in [5, 5.41) is 0. The molecule has 1 saturated carbocycles. The van der Waals surface area contributed by atoms with Crippen LogP contribution in [0.25, 0.3) is 0 Å². The van der Waals surface area contributed by atoms with Crippen molar-refractivity contribution in [1.82, 2.24) is 0 Å². The van der Waals surface area contributed by atoms with Crippen LogP contribution in [0, 0.1) is 5.92 Å². The third-order valence-corrected chi connectivity index (χ3v) is 4.40. The van der Waals surface area contributed by atoms with E-state index in [2.05, 4.69) is 0 Å². The fourth-order valence-corrected chi connectivity index (χ4v) is 3.10. The van der Waals surface area contributed by atoms with Crippen molar-refractivity contribution < 1.29 is 8.95 Å². The SMILES string of the molecule is CCOc1ccc(N)c(S(=O)CCC2CC2)c1. The summed E-state index contributed by atoms with van der Waals surface area (Å²) in [6.07, 6.45) is 3.64. The van der Waals surface area contributed by atoms with Crippen molar-refractivity contribution in [2.45, 2.75) is 31.1 Å². The van der Waals surface area contributed by atoms with E-state index in [1.54, 1.807) is 6.07 Å². The fourth-order valence-electron chi connectivity index (χ4n) is 1.76. The van der Waals surface area contributed by atoms with E-state index < -0.39 is 10.8 Å². The van der Waals surface area contributed by atoms with Crippen LogP contribution < -0.4 is 10.5 Å². The average molecular weight is 253 g/mol. The third-order valence-electron chi connectivity index (χ3n) is 2.95. The minimum Gasteiger partial charge on any atom is -0.494 e. The Bertz CT molecular complexity index is 416. The van der Waals surface area contributed by atoms with Crippen LogP contribution in [-0.2, 0) is 10.8 Å². The molecule has 94 valence electrons. The molecule has 17 heavy (non-hydrogen) atoms. The first-order valence-corrected chi connectivity index (χ1v) is 7.43. The van der Waals surface area contributed by atoms with E-state index in [0.717, 1.165) is 23.0 Å². The van der Waals surface area contributed by atoms with Crippen LogP contribution >= 0.6 is 0 Å². The van der Waals surface area contributed by atoms with Gasteiger partial charge in [-0.3, -0.25) is 4.21 Å². The van der Waals surface area contributed by atoms with Gasteiger partial charge < -0.3 is 10.5 Å². The average Bonchev–Trinajstić information content (AvgIpc) is 3.13. The Kier molecular flexibility index (Phi) is 4.05. The van der Waals surface area contributed by atoms with Crippen LogP contribution in [0.4, 0.5) is 5.69 Å². The van der Waals surface area contributed by atoms with Gasteiger partial charge in [0.2, 0.25) is 0 Å². The highest BCUT2D eigenvalue weighted by atomic mass is 32.2. The number of nitrogen functional groups attached to an aromatic ring is 1. The van der Waals surface area contributed by atoms with E-state index in [4.69, 9.17) is 10.5 Å². The zero-order valence-electron chi connectivity index (χ0n) is 10.1. The molecule has 0 heterocycles. The number of hydrogen-bond acceptors (Lipinski definition) is 3. The summed E-state index contributed by atoms with van der Waals surface area (Å²) in [5.74, 6) is 2.26. The van der Waals surface area contributed by atoms with Crippen molar-refractivity contribution in [3.63, 3.8) is 0 Å². The molecule has 1 aromatic rings. The van der Waals surface area contributed by atoms with Gasteiger partial charge >= 0.3 is 0 Å². The number of ether oxygens (including phenoxy) is 1. The van der Waals surface area contributed by atoms with Gasteiger partial charge in [0.25, 0.3) is 0 Å². The van der Waals surface area contributed by atoms with E-state index in [1.807, 2.05) is 19.1 Å². The van der Waals surface area contributed by atoms with Gasteiger partial charge in [-0.05, 0) is 37.5 Å². The van der Waals surface area contributed by atoms with Crippen LogP contribution in [0.3, 0.4) is 0 Å². The quantitative estimate of drug-likeness (QED) is 0.793. The number of nitrogens with two attached hydrogens (primary N) is 1. The van der Waals surface area contributed by atoms with E-state index in [1.165, 1.54) is 12.8 Å². The van der Waals surface area contributed by atoms with Crippen LogP contribution in [-0.4, -0.2) is 16.6 Å². The Hall–Kier alpha value is -1.03. The molecule has 1 aliphatic rings. The van der Waals surface area contributed by atoms with Gasteiger partial charge in [-0.2, -0.15) is 0 Å². The van der Waals surface area contributed by atoms with Crippen LogP contribution in [0.1, 0.15) is 26.2 Å². The minimum atomic E-state index is -0.994. The molecule has 0 spiro atoms. The lowest BCUT2D eigenvalue weighted by Crippen LogP contribution is -2.04. The second-order valence-electron chi connectivity index (χ2n) is 4.41. The first-order chi connectivity index (χ1) is 8.20. The van der Waals surface area contributed by atoms with E-state index >= 15 is 0 Å². The number of benzene rings is 1. The summed E-state index contributed by atoms with van der Waals surface area (Å²) in [7, 11) is -0.994. The summed E-state index contributed by atoms with van der Waals surface area (Å²) in [4.78, 5) is 0.719. The molecule has 0 aromatic heterocycles. The third kappa shape index (κ3) is 3.46. The highest BCUT2D eigenvalue weighted by Crippen LogP contribution is 2.33. The molecule has 4 heteroatoms. The molecule has 2 rings (SSSR count). The van der Waals surface area contributed by atoms with Crippen molar-refractivity contribution in [3.8, 4) is 5.75 Å². The normalized spacial score (nSPS) is 16.8. The van der Waals surface area contributed by atoms with Gasteiger partial charge in [-0.15, -0.1) is 0 Å². The summed E-state index contributed by atoms with van der Waals surface area (Å²) >= 11 is 0. The largest absolute Gasteiger partial charge is 0.494 e. The Balaban J connectivity index is 2.05. The predicted molar refractivity (Wildman–Crippen MR) is 70.6 cm³/mol. The monoisotopic (exact) mass is 253 g/mol. The Morgan fingerprint density at radius 3 is 2.88 bits per heavy atom. The van der Waals surface area contributed by atoms with E-state index in [0.29, 0.717) is 18.0 Å². The molecular formula is C13H19NO2S. The van der Waals surface area contributed by atoms with E-state index in [-0.39, 0.29) is 0 Å². The summed E-state index contributed by atoms with van der Waals surface area (Å²) < 4.78 is 17.5. The lowest BCUT2D eigenvalue weighted by molar-refractivity contribution is 0.339. The zero-order chi connectivity index (χ0) is 12.3.